The van der Waals surface area contributed by atoms with Gasteiger partial charge in [-0.15, -0.1) is 11.3 Å². The molecule has 3 aromatic rings. The molecule has 2 amide bonds. The largest absolute Gasteiger partial charge is 0.355 e. The van der Waals surface area contributed by atoms with Gasteiger partial charge in [-0.25, -0.2) is 4.98 Å². The maximum Gasteiger partial charge on any atom is 0.273 e. The summed E-state index contributed by atoms with van der Waals surface area (Å²) in [5.74, 6) is -0.311. The molecule has 1 aliphatic rings. The molecule has 0 saturated carbocycles. The van der Waals surface area contributed by atoms with Crippen molar-refractivity contribution in [3.63, 3.8) is 0 Å². The molecule has 28 heavy (non-hydrogen) atoms. The third-order valence-corrected chi connectivity index (χ3v) is 5.38. The highest BCUT2D eigenvalue weighted by Crippen LogP contribution is 2.27. The molecule has 0 aliphatic carbocycles. The number of hydrogen-bond acceptors (Lipinski definition) is 7. The Labute approximate surface area is 165 Å². The van der Waals surface area contributed by atoms with E-state index in [1.54, 1.807) is 6.07 Å². The molecule has 9 heteroatoms. The molecule has 3 heterocycles. The number of likely N-dealkylation sites (N-methyl/N-ethyl adjacent to an activating group) is 1. The molecular weight excluding hydrogens is 378 g/mol. The highest BCUT2D eigenvalue weighted by molar-refractivity contribution is 7.15. The van der Waals surface area contributed by atoms with Crippen LogP contribution >= 0.6 is 11.3 Å². The highest BCUT2D eigenvalue weighted by Gasteiger charge is 2.20. The van der Waals surface area contributed by atoms with Crippen LogP contribution in [0.5, 0.6) is 0 Å². The molecule has 4 rings (SSSR count). The Morgan fingerprint density at radius 2 is 2.11 bits per heavy atom. The van der Waals surface area contributed by atoms with Crippen LogP contribution in [0.25, 0.3) is 11.3 Å². The van der Waals surface area contributed by atoms with Gasteiger partial charge in [-0.3, -0.25) is 9.59 Å². The van der Waals surface area contributed by atoms with Crippen molar-refractivity contribution in [1.29, 1.82) is 0 Å². The smallest absolute Gasteiger partial charge is 0.273 e. The number of benzene rings is 1. The molecule has 0 radical (unpaired) electrons. The van der Waals surface area contributed by atoms with Crippen LogP contribution in [-0.4, -0.2) is 47.0 Å². The number of aromatic nitrogens is 2. The fraction of sp³-hybridized carbons (Fsp3) is 0.263. The third kappa shape index (κ3) is 4.10. The molecule has 0 bridgehead atoms. The van der Waals surface area contributed by atoms with E-state index in [2.05, 4.69) is 32.7 Å². The number of carbonyl (C=O) groups is 2. The average molecular weight is 397 g/mol. The van der Waals surface area contributed by atoms with E-state index in [0.29, 0.717) is 10.9 Å². The second-order valence-electron chi connectivity index (χ2n) is 6.55. The summed E-state index contributed by atoms with van der Waals surface area (Å²) in [5.41, 5.74) is 1.99. The van der Waals surface area contributed by atoms with E-state index in [1.807, 2.05) is 30.3 Å². The van der Waals surface area contributed by atoms with Crippen molar-refractivity contribution >= 4 is 28.3 Å². The van der Waals surface area contributed by atoms with Gasteiger partial charge in [0.25, 0.3) is 5.91 Å². The second-order valence-corrected chi connectivity index (χ2v) is 7.63. The van der Waals surface area contributed by atoms with Crippen molar-refractivity contribution in [1.82, 2.24) is 20.4 Å². The molecule has 1 aromatic carbocycles. The van der Waals surface area contributed by atoms with Crippen molar-refractivity contribution in [2.24, 2.45) is 0 Å². The quantitative estimate of drug-likeness (QED) is 0.684. The molecule has 0 atom stereocenters. The number of nitrogens with zero attached hydrogens (tertiary/aromatic N) is 3. The van der Waals surface area contributed by atoms with Gasteiger partial charge in [0.2, 0.25) is 5.91 Å². The zero-order valence-electron chi connectivity index (χ0n) is 15.3. The van der Waals surface area contributed by atoms with Crippen LogP contribution in [0.15, 0.2) is 40.9 Å². The van der Waals surface area contributed by atoms with E-state index in [-0.39, 0.29) is 18.1 Å². The zero-order chi connectivity index (χ0) is 19.5. The molecule has 144 valence electrons. The predicted octanol–water partition coefficient (Wildman–Crippen LogP) is 2.15. The van der Waals surface area contributed by atoms with Gasteiger partial charge in [0.15, 0.2) is 16.6 Å². The third-order valence-electron chi connectivity index (χ3n) is 4.38. The van der Waals surface area contributed by atoms with Gasteiger partial charge in [0.1, 0.15) is 0 Å². The van der Waals surface area contributed by atoms with Crippen LogP contribution in [0.4, 0.5) is 5.13 Å². The molecule has 8 nitrogen and oxygen atoms in total. The highest BCUT2D eigenvalue weighted by atomic mass is 32.1. The maximum atomic E-state index is 12.2. The lowest BCUT2D eigenvalue weighted by atomic mass is 10.1. The topological polar surface area (TPSA) is 100 Å². The summed E-state index contributed by atoms with van der Waals surface area (Å²) in [6.45, 7) is 1.63. The van der Waals surface area contributed by atoms with E-state index in [4.69, 9.17) is 4.52 Å². The Morgan fingerprint density at radius 1 is 1.29 bits per heavy atom. The molecule has 0 unspecified atom stereocenters. The summed E-state index contributed by atoms with van der Waals surface area (Å²) in [6, 6.07) is 10.9. The zero-order valence-corrected chi connectivity index (χ0v) is 16.1. The van der Waals surface area contributed by atoms with Crippen molar-refractivity contribution in [3.8, 4) is 11.3 Å². The fourth-order valence-electron chi connectivity index (χ4n) is 2.91. The first kappa shape index (κ1) is 18.3. The second kappa shape index (κ2) is 7.91. The standard InChI is InChI=1S/C19H19N5O3S/c1-24-8-7-13-16(11-24)28-19(21-13)22-17(25)10-20-18(26)14-9-15(27-23-14)12-5-3-2-4-6-12/h2-6,9H,7-8,10-11H2,1H3,(H,20,26)(H,21,22,25). The van der Waals surface area contributed by atoms with Gasteiger partial charge in [-0.05, 0) is 7.05 Å². The van der Waals surface area contributed by atoms with Crippen molar-refractivity contribution in [2.75, 3.05) is 25.5 Å². The van der Waals surface area contributed by atoms with Crippen LogP contribution in [0.2, 0.25) is 0 Å². The lowest BCUT2D eigenvalue weighted by Gasteiger charge is -2.20. The Bertz CT molecular complexity index is 998. The fourth-order valence-corrected chi connectivity index (χ4v) is 4.02. The lowest BCUT2D eigenvalue weighted by molar-refractivity contribution is -0.115. The number of amides is 2. The molecule has 2 aromatic heterocycles. The van der Waals surface area contributed by atoms with Crippen molar-refractivity contribution in [3.05, 3.63) is 52.7 Å². The average Bonchev–Trinajstić information content (AvgIpc) is 3.33. The van der Waals surface area contributed by atoms with Crippen molar-refractivity contribution < 1.29 is 14.1 Å². The van der Waals surface area contributed by atoms with E-state index < -0.39 is 5.91 Å². The molecule has 1 aliphatic heterocycles. The summed E-state index contributed by atoms with van der Waals surface area (Å²) < 4.78 is 5.21. The number of rotatable bonds is 5. The first-order valence-electron chi connectivity index (χ1n) is 8.86. The first-order valence-corrected chi connectivity index (χ1v) is 9.67. The van der Waals surface area contributed by atoms with E-state index >= 15 is 0 Å². The number of thiazole rings is 1. The van der Waals surface area contributed by atoms with Gasteiger partial charge in [-0.2, -0.15) is 0 Å². The van der Waals surface area contributed by atoms with E-state index in [9.17, 15) is 9.59 Å². The SMILES string of the molecule is CN1CCc2nc(NC(=O)CNC(=O)c3cc(-c4ccccc4)on3)sc2C1. The number of anilines is 1. The normalized spacial score (nSPS) is 13.8. The number of nitrogens with one attached hydrogen (secondary N) is 2. The molecular formula is C19H19N5O3S. The Balaban J connectivity index is 1.31. The number of carbonyl (C=O) groups excluding carboxylic acids is 2. The Kier molecular flexibility index (Phi) is 5.18. The Hall–Kier alpha value is -3.04. The van der Waals surface area contributed by atoms with E-state index in [1.165, 1.54) is 16.2 Å². The molecule has 0 saturated heterocycles. The van der Waals surface area contributed by atoms with Gasteiger partial charge >= 0.3 is 0 Å². The first-order chi connectivity index (χ1) is 13.6. The maximum absolute atomic E-state index is 12.2. The lowest BCUT2D eigenvalue weighted by Crippen LogP contribution is -2.33. The molecule has 0 fully saturated rings. The number of hydrogen-bond donors (Lipinski definition) is 2. The van der Waals surface area contributed by atoms with Crippen molar-refractivity contribution in [2.45, 2.75) is 13.0 Å². The van der Waals surface area contributed by atoms with Crippen LogP contribution < -0.4 is 10.6 Å². The minimum atomic E-state index is -0.471. The summed E-state index contributed by atoms with van der Waals surface area (Å²) in [6.07, 6.45) is 0.880. The predicted molar refractivity (Wildman–Crippen MR) is 105 cm³/mol. The summed E-state index contributed by atoms with van der Waals surface area (Å²) in [4.78, 5) is 32.2. The monoisotopic (exact) mass is 397 g/mol. The van der Waals surface area contributed by atoms with Gasteiger partial charge in [-0.1, -0.05) is 35.5 Å². The minimum absolute atomic E-state index is 0.124. The molecule has 2 N–H and O–H groups in total. The van der Waals surface area contributed by atoms with E-state index in [0.717, 1.165) is 30.8 Å². The van der Waals surface area contributed by atoms with Crippen LogP contribution in [0.1, 0.15) is 21.1 Å². The van der Waals surface area contributed by atoms with Gasteiger partial charge in [0.05, 0.1) is 12.2 Å². The summed E-state index contributed by atoms with van der Waals surface area (Å²) >= 11 is 1.47. The number of fused-ring (bicyclic) bond motifs is 1. The minimum Gasteiger partial charge on any atom is -0.355 e. The van der Waals surface area contributed by atoms with Crippen LogP contribution in [-0.2, 0) is 17.8 Å². The van der Waals surface area contributed by atoms with Crippen LogP contribution in [0.3, 0.4) is 0 Å². The van der Waals surface area contributed by atoms with Gasteiger partial charge < -0.3 is 20.1 Å². The molecule has 0 spiro atoms. The summed E-state index contributed by atoms with van der Waals surface area (Å²) in [7, 11) is 2.06. The van der Waals surface area contributed by atoms with Crippen LogP contribution in [0, 0.1) is 0 Å². The Morgan fingerprint density at radius 3 is 2.93 bits per heavy atom. The van der Waals surface area contributed by atoms with Gasteiger partial charge in [0, 0.05) is 36.0 Å². The summed E-state index contributed by atoms with van der Waals surface area (Å²) in [5, 5.41) is 9.63.